The number of aryl methyl sites for hydroxylation is 1. The Labute approximate surface area is 205 Å². The quantitative estimate of drug-likeness (QED) is 0.605. The molecule has 0 saturated carbocycles. The molecule has 0 aromatic carbocycles. The number of nitrogens with one attached hydrogen (secondary N) is 1. The van der Waals surface area contributed by atoms with Crippen LogP contribution in [0, 0.1) is 11.3 Å². The third-order valence-corrected chi connectivity index (χ3v) is 7.18. The van der Waals surface area contributed by atoms with Gasteiger partial charge in [0.05, 0.1) is 6.54 Å². The van der Waals surface area contributed by atoms with Crippen LogP contribution in [0.2, 0.25) is 0 Å². The van der Waals surface area contributed by atoms with Crippen molar-refractivity contribution in [3.8, 4) is 0 Å². The lowest BCUT2D eigenvalue weighted by Gasteiger charge is -2.44. The van der Waals surface area contributed by atoms with Gasteiger partial charge in [-0.3, -0.25) is 9.69 Å². The zero-order valence-electron chi connectivity index (χ0n) is 19.8. The van der Waals surface area contributed by atoms with Crippen molar-refractivity contribution in [2.45, 2.75) is 65.2 Å². The second-order valence-electron chi connectivity index (χ2n) is 9.47. The average Bonchev–Trinajstić information content (AvgIpc) is 3.44. The van der Waals surface area contributed by atoms with E-state index in [1.807, 2.05) is 11.6 Å². The second kappa shape index (κ2) is 11.5. The van der Waals surface area contributed by atoms with Crippen molar-refractivity contribution < 1.29 is 27.9 Å². The van der Waals surface area contributed by atoms with Crippen LogP contribution in [0.4, 0.5) is 13.2 Å². The Kier molecular flexibility index (Phi) is 8.86. The first kappa shape index (κ1) is 27.1. The predicted octanol–water partition coefficient (Wildman–Crippen LogP) is 3.37. The number of aromatic nitrogens is 4. The van der Waals surface area contributed by atoms with E-state index < -0.39 is 12.1 Å². The minimum absolute atomic E-state index is 0.0855. The standard InChI is InChI=1S/C20H30N6OS.C2HF3O2/c1-15(2)4-8-22-19(27)18-24-23-16-3-5-20(14-26(16)18)6-10-25(11-7-20)13-17-21-9-12-28-17;3-2(4,5)1(6)7/h9,12,15H,3-8,10-11,13-14H2,1-2H3,(H,22,27);(H,6,7). The van der Waals surface area contributed by atoms with Gasteiger partial charge in [-0.1, -0.05) is 13.8 Å². The molecule has 2 aromatic heterocycles. The van der Waals surface area contributed by atoms with Crippen LogP contribution in [0.25, 0.3) is 0 Å². The van der Waals surface area contributed by atoms with Crippen LogP contribution in [0.1, 0.15) is 61.0 Å². The van der Waals surface area contributed by atoms with Crippen LogP contribution in [0.15, 0.2) is 11.6 Å². The maximum atomic E-state index is 12.6. The van der Waals surface area contributed by atoms with Gasteiger partial charge in [-0.05, 0) is 50.1 Å². The molecule has 2 aliphatic rings. The van der Waals surface area contributed by atoms with Crippen LogP contribution in [-0.2, 0) is 24.3 Å². The minimum Gasteiger partial charge on any atom is -0.475 e. The summed E-state index contributed by atoms with van der Waals surface area (Å²) in [7, 11) is 0. The van der Waals surface area contributed by atoms with Crippen molar-refractivity contribution in [2.24, 2.45) is 11.3 Å². The molecule has 194 valence electrons. The first-order chi connectivity index (χ1) is 16.5. The summed E-state index contributed by atoms with van der Waals surface area (Å²) in [6, 6.07) is 0. The second-order valence-corrected chi connectivity index (χ2v) is 10.4. The molecule has 0 aliphatic carbocycles. The molecule has 1 saturated heterocycles. The van der Waals surface area contributed by atoms with Gasteiger partial charge >= 0.3 is 12.1 Å². The zero-order chi connectivity index (χ0) is 25.6. The Bertz CT molecular complexity index is 985. The Hall–Kier alpha value is -2.54. The SMILES string of the molecule is CC(C)CCNC(=O)c1nnc2n1CC1(CC2)CCN(Cc2nccs2)CC1.O=C(O)C(F)(F)F. The maximum Gasteiger partial charge on any atom is 0.490 e. The summed E-state index contributed by atoms with van der Waals surface area (Å²) in [6.07, 6.45) is 2.15. The number of hydrogen-bond acceptors (Lipinski definition) is 7. The highest BCUT2D eigenvalue weighted by Crippen LogP contribution is 2.41. The largest absolute Gasteiger partial charge is 0.490 e. The molecular weight excluding hydrogens is 485 g/mol. The highest BCUT2D eigenvalue weighted by molar-refractivity contribution is 7.09. The number of carboxylic acid groups (broad SMARTS) is 1. The number of likely N-dealkylation sites (tertiary alicyclic amines) is 1. The number of aliphatic carboxylic acids is 1. The number of nitrogens with zero attached hydrogens (tertiary/aromatic N) is 5. The highest BCUT2D eigenvalue weighted by atomic mass is 32.1. The molecule has 1 fully saturated rings. The molecule has 0 bridgehead atoms. The van der Waals surface area contributed by atoms with E-state index in [9.17, 15) is 18.0 Å². The summed E-state index contributed by atoms with van der Waals surface area (Å²) < 4.78 is 33.8. The lowest BCUT2D eigenvalue weighted by Crippen LogP contribution is -2.44. The Morgan fingerprint density at radius 3 is 2.49 bits per heavy atom. The Morgan fingerprint density at radius 1 is 1.23 bits per heavy atom. The Balaban J connectivity index is 0.000000429. The number of thiazole rings is 1. The molecule has 4 rings (SSSR count). The fourth-order valence-corrected chi connectivity index (χ4v) is 4.97. The molecule has 0 unspecified atom stereocenters. The summed E-state index contributed by atoms with van der Waals surface area (Å²) in [5, 5.41) is 21.9. The Morgan fingerprint density at radius 2 is 1.91 bits per heavy atom. The van der Waals surface area contributed by atoms with Crippen molar-refractivity contribution in [3.63, 3.8) is 0 Å². The zero-order valence-corrected chi connectivity index (χ0v) is 20.7. The number of fused-ring (bicyclic) bond motifs is 1. The van der Waals surface area contributed by atoms with Crippen molar-refractivity contribution in [3.05, 3.63) is 28.2 Å². The number of piperidine rings is 1. The molecule has 9 nitrogen and oxygen atoms in total. The minimum atomic E-state index is -5.08. The average molecular weight is 517 g/mol. The van der Waals surface area contributed by atoms with Crippen LogP contribution in [0.5, 0.6) is 0 Å². The summed E-state index contributed by atoms with van der Waals surface area (Å²) in [4.78, 5) is 28.4. The number of carbonyl (C=O) groups excluding carboxylic acids is 1. The maximum absolute atomic E-state index is 12.6. The highest BCUT2D eigenvalue weighted by Gasteiger charge is 2.40. The normalized spacial score (nSPS) is 17.5. The third kappa shape index (κ3) is 7.47. The molecule has 1 spiro atoms. The first-order valence-electron chi connectivity index (χ1n) is 11.6. The molecule has 35 heavy (non-hydrogen) atoms. The van der Waals surface area contributed by atoms with Crippen LogP contribution in [0.3, 0.4) is 0 Å². The van der Waals surface area contributed by atoms with E-state index in [1.54, 1.807) is 11.3 Å². The van der Waals surface area contributed by atoms with Gasteiger partial charge in [0.15, 0.2) is 0 Å². The lowest BCUT2D eigenvalue weighted by atomic mass is 9.73. The predicted molar refractivity (Wildman–Crippen MR) is 123 cm³/mol. The van der Waals surface area contributed by atoms with Gasteiger partial charge < -0.3 is 15.0 Å². The molecule has 4 heterocycles. The fourth-order valence-electron chi connectivity index (χ4n) is 4.32. The summed E-state index contributed by atoms with van der Waals surface area (Å²) >= 11 is 1.73. The number of amides is 1. The monoisotopic (exact) mass is 516 g/mol. The van der Waals surface area contributed by atoms with Crippen molar-refractivity contribution in [1.29, 1.82) is 0 Å². The summed E-state index contributed by atoms with van der Waals surface area (Å²) in [5.41, 5.74) is 0.266. The number of rotatable bonds is 6. The number of halogens is 3. The van der Waals surface area contributed by atoms with E-state index in [4.69, 9.17) is 9.90 Å². The van der Waals surface area contributed by atoms with Gasteiger partial charge in [0.25, 0.3) is 5.91 Å². The number of carbonyl (C=O) groups is 2. The first-order valence-corrected chi connectivity index (χ1v) is 12.5. The number of hydrogen-bond donors (Lipinski definition) is 2. The van der Waals surface area contributed by atoms with Gasteiger partial charge in [-0.2, -0.15) is 13.2 Å². The van der Waals surface area contributed by atoms with Crippen LogP contribution in [-0.4, -0.2) is 67.4 Å². The van der Waals surface area contributed by atoms with E-state index in [0.717, 1.165) is 64.1 Å². The van der Waals surface area contributed by atoms with E-state index in [0.29, 0.717) is 18.3 Å². The molecule has 0 atom stereocenters. The molecule has 2 N–H and O–H groups in total. The fraction of sp³-hybridized carbons (Fsp3) is 0.682. The van der Waals surface area contributed by atoms with Crippen LogP contribution < -0.4 is 5.32 Å². The van der Waals surface area contributed by atoms with E-state index in [2.05, 4.69) is 43.8 Å². The molecule has 2 aliphatic heterocycles. The molecular formula is C22H31F3N6O3S. The van der Waals surface area contributed by atoms with Crippen molar-refractivity contribution >= 4 is 23.2 Å². The van der Waals surface area contributed by atoms with E-state index >= 15 is 0 Å². The molecule has 2 aromatic rings. The summed E-state index contributed by atoms with van der Waals surface area (Å²) in [6.45, 7) is 9.02. The summed E-state index contributed by atoms with van der Waals surface area (Å²) in [5.74, 6) is -0.816. The van der Waals surface area contributed by atoms with Gasteiger partial charge in [0.2, 0.25) is 5.82 Å². The van der Waals surface area contributed by atoms with E-state index in [1.165, 1.54) is 5.01 Å². The van der Waals surface area contributed by atoms with Gasteiger partial charge in [-0.25, -0.2) is 9.78 Å². The van der Waals surface area contributed by atoms with Crippen LogP contribution >= 0.6 is 11.3 Å². The lowest BCUT2D eigenvalue weighted by molar-refractivity contribution is -0.192. The molecule has 1 amide bonds. The van der Waals surface area contributed by atoms with Gasteiger partial charge in [0, 0.05) is 31.1 Å². The topological polar surface area (TPSA) is 113 Å². The van der Waals surface area contributed by atoms with Gasteiger partial charge in [-0.15, -0.1) is 21.5 Å². The number of carboxylic acids is 1. The third-order valence-electron chi connectivity index (χ3n) is 6.41. The number of alkyl halides is 3. The van der Waals surface area contributed by atoms with Gasteiger partial charge in [0.1, 0.15) is 10.8 Å². The van der Waals surface area contributed by atoms with E-state index in [-0.39, 0.29) is 11.3 Å². The van der Waals surface area contributed by atoms with Crippen molar-refractivity contribution in [2.75, 3.05) is 19.6 Å². The molecule has 13 heteroatoms. The van der Waals surface area contributed by atoms with Crippen molar-refractivity contribution in [1.82, 2.24) is 30.0 Å². The smallest absolute Gasteiger partial charge is 0.475 e. The molecule has 0 radical (unpaired) electrons.